The van der Waals surface area contributed by atoms with E-state index in [0.29, 0.717) is 12.0 Å². The summed E-state index contributed by atoms with van der Waals surface area (Å²) < 4.78 is 42.1. The maximum Gasteiger partial charge on any atom is 0.413 e. The highest BCUT2D eigenvalue weighted by atomic mass is 35.5. The molecule has 1 saturated heterocycles. The number of benzene rings is 3. The standard InChI is InChI=1S/C31H28Cl2F2N4O4/c1-30(2,3)13-24-31(17-11-20(34)19(33)12-22(17)37-28(31)40)25(16-6-5-7-18(32)26(16)35)27(39-24)43-29(41)38-21-9-8-15(14-36)10-23(21)42-4/h5-12,24-25,27,39H,13H2,1-4H3,(H,37,40)(H,38,41)/t24-,25-,27+,31+/m0/s1. The van der Waals surface area contributed by atoms with Crippen molar-refractivity contribution in [2.24, 2.45) is 5.41 Å². The van der Waals surface area contributed by atoms with Crippen LogP contribution in [0.25, 0.3) is 0 Å². The molecule has 0 saturated carbocycles. The summed E-state index contributed by atoms with van der Waals surface area (Å²) in [5.41, 5.74) is -0.933. The highest BCUT2D eigenvalue weighted by molar-refractivity contribution is 6.31. The van der Waals surface area contributed by atoms with Gasteiger partial charge in [-0.2, -0.15) is 5.26 Å². The number of methoxy groups -OCH3 is 1. The molecule has 12 heteroatoms. The molecule has 1 fully saturated rings. The molecule has 3 N–H and O–H groups in total. The summed E-state index contributed by atoms with van der Waals surface area (Å²) in [6.07, 6.45) is -1.87. The van der Waals surface area contributed by atoms with Gasteiger partial charge in [0, 0.05) is 17.8 Å². The largest absolute Gasteiger partial charge is 0.495 e. The second-order valence-electron chi connectivity index (χ2n) is 11.7. The quantitative estimate of drug-likeness (QED) is 0.278. The number of nitrogens with zero attached hydrogens (tertiary/aromatic N) is 1. The van der Waals surface area contributed by atoms with Crippen LogP contribution >= 0.6 is 23.2 Å². The summed E-state index contributed by atoms with van der Waals surface area (Å²) in [6.45, 7) is 5.89. The van der Waals surface area contributed by atoms with Gasteiger partial charge in [0.25, 0.3) is 0 Å². The molecule has 0 aliphatic carbocycles. The fourth-order valence-electron chi connectivity index (χ4n) is 6.10. The van der Waals surface area contributed by atoms with Crippen molar-refractivity contribution in [3.63, 3.8) is 0 Å². The van der Waals surface area contributed by atoms with Crippen LogP contribution in [0.4, 0.5) is 25.0 Å². The maximum absolute atomic E-state index is 15.8. The van der Waals surface area contributed by atoms with E-state index in [-0.39, 0.29) is 43.7 Å². The number of carbonyl (C=O) groups excluding carboxylic acids is 2. The number of halogens is 4. The third kappa shape index (κ3) is 5.37. The second-order valence-corrected chi connectivity index (χ2v) is 12.5. The van der Waals surface area contributed by atoms with Crippen molar-refractivity contribution in [1.29, 1.82) is 5.26 Å². The molecule has 4 atom stereocenters. The van der Waals surface area contributed by atoms with Crippen LogP contribution in [0.2, 0.25) is 10.0 Å². The monoisotopic (exact) mass is 628 g/mol. The number of carbonyl (C=O) groups is 2. The van der Waals surface area contributed by atoms with Crippen LogP contribution in [0.1, 0.15) is 49.8 Å². The lowest BCUT2D eigenvalue weighted by Gasteiger charge is -2.37. The first kappa shape index (κ1) is 30.5. The highest BCUT2D eigenvalue weighted by Gasteiger charge is 2.66. The highest BCUT2D eigenvalue weighted by Crippen LogP contribution is 2.57. The van der Waals surface area contributed by atoms with Gasteiger partial charge in [-0.1, -0.05) is 56.1 Å². The number of hydrogen-bond donors (Lipinski definition) is 3. The topological polar surface area (TPSA) is 112 Å². The van der Waals surface area contributed by atoms with E-state index in [1.807, 2.05) is 26.8 Å². The molecule has 5 rings (SSSR count). The van der Waals surface area contributed by atoms with Crippen LogP contribution in [0.3, 0.4) is 0 Å². The summed E-state index contributed by atoms with van der Waals surface area (Å²) in [6, 6.07) is 12.5. The number of nitriles is 1. The van der Waals surface area contributed by atoms with Gasteiger partial charge in [0.2, 0.25) is 5.91 Å². The Labute approximate surface area is 257 Å². The Kier molecular flexibility index (Phi) is 8.03. The van der Waals surface area contributed by atoms with E-state index in [0.717, 1.165) is 0 Å². The number of hydrogen-bond acceptors (Lipinski definition) is 6. The number of amides is 2. The predicted molar refractivity (Wildman–Crippen MR) is 158 cm³/mol. The first-order valence-electron chi connectivity index (χ1n) is 13.4. The van der Waals surface area contributed by atoms with Crippen molar-refractivity contribution in [3.8, 4) is 11.8 Å². The van der Waals surface area contributed by atoms with Gasteiger partial charge in [0.05, 0.1) is 40.4 Å². The molecule has 0 aromatic heterocycles. The predicted octanol–water partition coefficient (Wildman–Crippen LogP) is 7.11. The Morgan fingerprint density at radius 1 is 1.14 bits per heavy atom. The van der Waals surface area contributed by atoms with Crippen molar-refractivity contribution in [1.82, 2.24) is 5.32 Å². The van der Waals surface area contributed by atoms with E-state index >= 15 is 8.78 Å². The molecule has 2 aliphatic rings. The lowest BCUT2D eigenvalue weighted by molar-refractivity contribution is -0.122. The van der Waals surface area contributed by atoms with Gasteiger partial charge >= 0.3 is 6.09 Å². The molecule has 224 valence electrons. The third-order valence-corrected chi connectivity index (χ3v) is 8.35. The minimum absolute atomic E-state index is 0.00326. The van der Waals surface area contributed by atoms with Crippen molar-refractivity contribution in [2.75, 3.05) is 17.7 Å². The molecule has 2 amide bonds. The molecule has 3 aromatic carbocycles. The minimum atomic E-state index is -1.63. The van der Waals surface area contributed by atoms with Crippen LogP contribution in [0.15, 0.2) is 48.5 Å². The lowest BCUT2D eigenvalue weighted by atomic mass is 9.63. The van der Waals surface area contributed by atoms with Crippen LogP contribution in [0, 0.1) is 28.4 Å². The van der Waals surface area contributed by atoms with Gasteiger partial charge in [0.15, 0.2) is 6.23 Å². The Bertz CT molecular complexity index is 1670. The zero-order chi connectivity index (χ0) is 31.3. The van der Waals surface area contributed by atoms with E-state index in [9.17, 15) is 14.9 Å². The van der Waals surface area contributed by atoms with Crippen molar-refractivity contribution < 1.29 is 27.8 Å². The summed E-state index contributed by atoms with van der Waals surface area (Å²) in [5.74, 6) is -3.06. The van der Waals surface area contributed by atoms with Crippen LogP contribution in [0.5, 0.6) is 5.75 Å². The number of rotatable bonds is 5. The van der Waals surface area contributed by atoms with Crippen LogP contribution in [-0.2, 0) is 14.9 Å². The third-order valence-electron chi connectivity index (χ3n) is 7.77. The molecule has 43 heavy (non-hydrogen) atoms. The first-order valence-corrected chi connectivity index (χ1v) is 14.1. The van der Waals surface area contributed by atoms with Crippen LogP contribution in [-0.4, -0.2) is 31.4 Å². The molecule has 2 heterocycles. The average Bonchev–Trinajstić information content (AvgIpc) is 3.38. The zero-order valence-electron chi connectivity index (χ0n) is 23.7. The summed E-state index contributed by atoms with van der Waals surface area (Å²) in [4.78, 5) is 27.5. The van der Waals surface area contributed by atoms with Gasteiger partial charge in [0.1, 0.15) is 22.8 Å². The Morgan fingerprint density at radius 2 is 1.88 bits per heavy atom. The van der Waals surface area contributed by atoms with Gasteiger partial charge < -0.3 is 14.8 Å². The molecule has 0 radical (unpaired) electrons. The Hall–Kier alpha value is -3.91. The fourth-order valence-corrected chi connectivity index (χ4v) is 6.44. The van der Waals surface area contributed by atoms with Gasteiger partial charge in [-0.3, -0.25) is 15.4 Å². The molecule has 1 spiro atoms. The Morgan fingerprint density at radius 3 is 2.56 bits per heavy atom. The summed E-state index contributed by atoms with van der Waals surface area (Å²) >= 11 is 12.3. The maximum atomic E-state index is 15.8. The summed E-state index contributed by atoms with van der Waals surface area (Å²) in [5, 5.41) is 17.5. The molecular weight excluding hydrogens is 601 g/mol. The molecule has 3 aromatic rings. The second kappa shape index (κ2) is 11.3. The van der Waals surface area contributed by atoms with E-state index < -0.39 is 47.2 Å². The normalized spacial score (nSPS) is 22.6. The van der Waals surface area contributed by atoms with Crippen molar-refractivity contribution >= 4 is 46.6 Å². The number of fused-ring (bicyclic) bond motifs is 2. The smallest absolute Gasteiger partial charge is 0.413 e. The SMILES string of the molecule is COc1cc(C#N)ccc1NC(=O)O[C@H]1N[C@@H](CC(C)(C)C)[C@@]2(C(=O)Nc3cc(Cl)c(F)cc32)[C@H]1c1cccc(Cl)c1F. The van der Waals surface area contributed by atoms with E-state index in [1.54, 1.807) is 0 Å². The van der Waals surface area contributed by atoms with E-state index in [1.165, 1.54) is 55.6 Å². The van der Waals surface area contributed by atoms with E-state index in [2.05, 4.69) is 16.0 Å². The zero-order valence-corrected chi connectivity index (χ0v) is 25.2. The Balaban J connectivity index is 1.65. The van der Waals surface area contributed by atoms with Crippen LogP contribution < -0.4 is 20.7 Å². The average molecular weight is 629 g/mol. The molecule has 2 aliphatic heterocycles. The first-order chi connectivity index (χ1) is 20.3. The molecule has 8 nitrogen and oxygen atoms in total. The number of nitrogens with one attached hydrogen (secondary N) is 3. The fraction of sp³-hybridized carbons (Fsp3) is 0.323. The lowest BCUT2D eigenvalue weighted by Crippen LogP contribution is -2.49. The van der Waals surface area contributed by atoms with Crippen molar-refractivity contribution in [2.45, 2.75) is 50.8 Å². The molecular formula is C31H28Cl2F2N4O4. The minimum Gasteiger partial charge on any atom is -0.495 e. The number of anilines is 2. The molecule has 0 unspecified atom stereocenters. The number of ether oxygens (including phenoxy) is 2. The molecule has 0 bridgehead atoms. The summed E-state index contributed by atoms with van der Waals surface area (Å²) in [7, 11) is 1.38. The van der Waals surface area contributed by atoms with Gasteiger partial charge in [-0.15, -0.1) is 0 Å². The van der Waals surface area contributed by atoms with Crippen molar-refractivity contribution in [3.05, 3.63) is 86.9 Å². The van der Waals surface area contributed by atoms with Gasteiger partial charge in [-0.05, 0) is 53.3 Å². The van der Waals surface area contributed by atoms with Gasteiger partial charge in [-0.25, -0.2) is 13.6 Å². The van der Waals surface area contributed by atoms with E-state index in [4.69, 9.17) is 32.7 Å².